The third-order valence-corrected chi connectivity index (χ3v) is 5.31. The highest BCUT2D eigenvalue weighted by atomic mass is 15.2. The van der Waals surface area contributed by atoms with E-state index in [1.54, 1.807) is 6.08 Å². The van der Waals surface area contributed by atoms with Gasteiger partial charge in [-0.2, -0.15) is 5.26 Å². The van der Waals surface area contributed by atoms with E-state index in [1.807, 2.05) is 6.07 Å². The molecule has 0 spiro atoms. The molecule has 1 aliphatic heterocycles. The van der Waals surface area contributed by atoms with Crippen LogP contribution in [0, 0.1) is 11.3 Å². The van der Waals surface area contributed by atoms with Crippen molar-refractivity contribution in [3.8, 4) is 6.07 Å². The molecule has 0 saturated carbocycles. The average Bonchev–Trinajstić information content (AvgIpc) is 2.96. The van der Waals surface area contributed by atoms with Gasteiger partial charge in [0.2, 0.25) is 0 Å². The third-order valence-electron chi connectivity index (χ3n) is 5.31. The Morgan fingerprint density at radius 1 is 0.885 bits per heavy atom. The Labute approximate surface area is 155 Å². The lowest BCUT2D eigenvalue weighted by Crippen LogP contribution is -2.28. The minimum atomic E-state index is 1.01. The summed E-state index contributed by atoms with van der Waals surface area (Å²) in [7, 11) is 2.20. The second kappa shape index (κ2) is 7.19. The van der Waals surface area contributed by atoms with Crippen molar-refractivity contribution in [1.82, 2.24) is 9.80 Å². The SMILES string of the molecule is CN1CCCN(C2=Cc3ccccc3C(=CC#N)c3ccccc32)CC1. The second-order valence-electron chi connectivity index (χ2n) is 6.99. The zero-order valence-electron chi connectivity index (χ0n) is 15.2. The highest BCUT2D eigenvalue weighted by molar-refractivity contribution is 5.98. The number of likely N-dealkylation sites (N-methyl/N-ethyl adjacent to an activating group) is 1. The molecular formula is C23H23N3. The number of nitrogens with zero attached hydrogens (tertiary/aromatic N) is 3. The minimum Gasteiger partial charge on any atom is -0.370 e. The number of benzene rings is 2. The van der Waals surface area contributed by atoms with E-state index in [0.717, 1.165) is 42.9 Å². The Kier molecular flexibility index (Phi) is 4.60. The fraction of sp³-hybridized carbons (Fsp3) is 0.261. The van der Waals surface area contributed by atoms with Crippen molar-refractivity contribution in [2.45, 2.75) is 6.42 Å². The molecule has 1 fully saturated rings. The number of fused-ring (bicyclic) bond motifs is 2. The predicted octanol–water partition coefficient (Wildman–Crippen LogP) is 4.09. The van der Waals surface area contributed by atoms with Crippen molar-refractivity contribution < 1.29 is 0 Å². The summed E-state index contributed by atoms with van der Waals surface area (Å²) in [6, 6.07) is 19.1. The van der Waals surface area contributed by atoms with Crippen LogP contribution in [0.15, 0.2) is 54.6 Å². The highest BCUT2D eigenvalue weighted by Crippen LogP contribution is 2.38. The van der Waals surface area contributed by atoms with Crippen molar-refractivity contribution in [1.29, 1.82) is 5.26 Å². The molecule has 0 atom stereocenters. The molecule has 2 aliphatic rings. The maximum Gasteiger partial charge on any atom is 0.0918 e. The van der Waals surface area contributed by atoms with Crippen LogP contribution in [0.3, 0.4) is 0 Å². The van der Waals surface area contributed by atoms with Crippen LogP contribution in [0.25, 0.3) is 17.3 Å². The van der Waals surface area contributed by atoms with Crippen LogP contribution in [0.2, 0.25) is 0 Å². The molecule has 0 radical (unpaired) electrons. The summed E-state index contributed by atoms with van der Waals surface area (Å²) in [6.07, 6.45) is 5.15. The van der Waals surface area contributed by atoms with Crippen LogP contribution in [-0.2, 0) is 0 Å². The van der Waals surface area contributed by atoms with Gasteiger partial charge in [-0.05, 0) is 42.8 Å². The summed E-state index contributed by atoms with van der Waals surface area (Å²) in [5.41, 5.74) is 6.94. The number of hydrogen-bond acceptors (Lipinski definition) is 3. The van der Waals surface area contributed by atoms with E-state index in [4.69, 9.17) is 0 Å². The summed E-state index contributed by atoms with van der Waals surface area (Å²) in [6.45, 7) is 4.30. The van der Waals surface area contributed by atoms with E-state index >= 15 is 0 Å². The number of hydrogen-bond donors (Lipinski definition) is 0. The van der Waals surface area contributed by atoms with Gasteiger partial charge in [0.15, 0.2) is 0 Å². The van der Waals surface area contributed by atoms with Gasteiger partial charge in [0.25, 0.3) is 0 Å². The Hall–Kier alpha value is -2.83. The van der Waals surface area contributed by atoms with Gasteiger partial charge < -0.3 is 9.80 Å². The molecule has 0 aromatic heterocycles. The maximum absolute atomic E-state index is 9.38. The van der Waals surface area contributed by atoms with Crippen LogP contribution in [0.1, 0.15) is 28.7 Å². The molecule has 0 bridgehead atoms. The molecule has 130 valence electrons. The van der Waals surface area contributed by atoms with Crippen LogP contribution in [0.5, 0.6) is 0 Å². The first-order chi connectivity index (χ1) is 12.8. The Morgan fingerprint density at radius 2 is 1.62 bits per heavy atom. The summed E-state index contributed by atoms with van der Waals surface area (Å²) < 4.78 is 0. The lowest BCUT2D eigenvalue weighted by atomic mass is 9.93. The van der Waals surface area contributed by atoms with Gasteiger partial charge in [0.05, 0.1) is 6.07 Å². The van der Waals surface area contributed by atoms with Crippen molar-refractivity contribution in [2.24, 2.45) is 0 Å². The first kappa shape index (κ1) is 16.6. The second-order valence-corrected chi connectivity index (χ2v) is 6.99. The largest absolute Gasteiger partial charge is 0.370 e. The van der Waals surface area contributed by atoms with Crippen LogP contribution in [-0.4, -0.2) is 43.0 Å². The van der Waals surface area contributed by atoms with Crippen LogP contribution in [0.4, 0.5) is 0 Å². The normalized spacial score (nSPS) is 19.0. The molecule has 0 unspecified atom stereocenters. The number of rotatable bonds is 1. The van der Waals surface area contributed by atoms with Crippen LogP contribution >= 0.6 is 0 Å². The van der Waals surface area contributed by atoms with E-state index < -0.39 is 0 Å². The van der Waals surface area contributed by atoms with Crippen molar-refractivity contribution in [2.75, 3.05) is 33.2 Å². The first-order valence-corrected chi connectivity index (χ1v) is 9.22. The molecule has 3 nitrogen and oxygen atoms in total. The number of nitriles is 1. The Morgan fingerprint density at radius 3 is 2.42 bits per heavy atom. The van der Waals surface area contributed by atoms with Crippen molar-refractivity contribution >= 4 is 17.3 Å². The third kappa shape index (κ3) is 3.05. The first-order valence-electron chi connectivity index (χ1n) is 9.22. The quantitative estimate of drug-likeness (QED) is 0.732. The molecule has 1 heterocycles. The summed E-state index contributed by atoms with van der Waals surface area (Å²) in [5.74, 6) is 0. The fourth-order valence-electron chi connectivity index (χ4n) is 3.95. The molecule has 2 aromatic rings. The average molecular weight is 341 g/mol. The van der Waals surface area contributed by atoms with Gasteiger partial charge in [0.1, 0.15) is 0 Å². The summed E-state index contributed by atoms with van der Waals surface area (Å²) in [5, 5.41) is 9.38. The Bertz CT molecular complexity index is 917. The predicted molar refractivity (Wildman–Crippen MR) is 107 cm³/mol. The monoisotopic (exact) mass is 341 g/mol. The van der Waals surface area contributed by atoms with Gasteiger partial charge in [0, 0.05) is 42.5 Å². The Balaban J connectivity index is 1.91. The molecule has 0 N–H and O–H groups in total. The summed E-state index contributed by atoms with van der Waals surface area (Å²) >= 11 is 0. The van der Waals surface area contributed by atoms with Crippen LogP contribution < -0.4 is 0 Å². The maximum atomic E-state index is 9.38. The van der Waals surface area contributed by atoms with Gasteiger partial charge >= 0.3 is 0 Å². The molecule has 26 heavy (non-hydrogen) atoms. The van der Waals surface area contributed by atoms with Gasteiger partial charge in [-0.15, -0.1) is 0 Å². The standard InChI is InChI=1S/C23H23N3/c1-25-13-6-14-26(16-15-25)23-17-18-7-2-3-8-19(18)21(11-12-24)20-9-4-5-10-22(20)23/h2-5,7-11,17H,6,13-16H2,1H3. The van der Waals surface area contributed by atoms with Gasteiger partial charge in [-0.25, -0.2) is 0 Å². The smallest absolute Gasteiger partial charge is 0.0918 e. The van der Waals surface area contributed by atoms with Gasteiger partial charge in [-0.3, -0.25) is 0 Å². The topological polar surface area (TPSA) is 30.3 Å². The molecule has 4 rings (SSSR count). The lowest BCUT2D eigenvalue weighted by molar-refractivity contribution is 0.343. The van der Waals surface area contributed by atoms with E-state index in [1.165, 1.54) is 23.2 Å². The lowest BCUT2D eigenvalue weighted by Gasteiger charge is -2.27. The van der Waals surface area contributed by atoms with Crippen molar-refractivity contribution in [3.63, 3.8) is 0 Å². The number of allylic oxidation sites excluding steroid dienone is 1. The molecular weight excluding hydrogens is 318 g/mol. The fourth-order valence-corrected chi connectivity index (χ4v) is 3.95. The van der Waals surface area contributed by atoms with E-state index in [2.05, 4.69) is 71.5 Å². The van der Waals surface area contributed by atoms with E-state index in [9.17, 15) is 5.26 Å². The molecule has 1 saturated heterocycles. The highest BCUT2D eigenvalue weighted by Gasteiger charge is 2.23. The minimum absolute atomic E-state index is 1.01. The zero-order chi connectivity index (χ0) is 17.9. The zero-order valence-corrected chi connectivity index (χ0v) is 15.2. The summed E-state index contributed by atoms with van der Waals surface area (Å²) in [4.78, 5) is 4.91. The van der Waals surface area contributed by atoms with E-state index in [-0.39, 0.29) is 0 Å². The van der Waals surface area contributed by atoms with Gasteiger partial charge in [-0.1, -0.05) is 48.5 Å². The van der Waals surface area contributed by atoms with Crippen molar-refractivity contribution in [3.05, 3.63) is 76.9 Å². The molecule has 3 heteroatoms. The van der Waals surface area contributed by atoms with E-state index in [0.29, 0.717) is 0 Å². The molecule has 2 aromatic carbocycles. The molecule has 1 aliphatic carbocycles. The molecule has 0 amide bonds.